The average molecular weight is 253 g/mol. The Kier molecular flexibility index (Phi) is 14.3. The Morgan fingerprint density at radius 3 is 2.06 bits per heavy atom. The summed E-state index contributed by atoms with van der Waals surface area (Å²) in [6.07, 6.45) is 3.41. The van der Waals surface area contributed by atoms with Gasteiger partial charge in [-0.25, -0.2) is 9.59 Å². The van der Waals surface area contributed by atoms with Gasteiger partial charge >= 0.3 is 11.9 Å². The largest absolute Gasteiger partial charge is 0.498 e. The third-order valence-electron chi connectivity index (χ3n) is 1.18. The van der Waals surface area contributed by atoms with Gasteiger partial charge in [-0.05, 0) is 0 Å². The highest BCUT2D eigenvalue weighted by molar-refractivity contribution is 5.81. The quantitative estimate of drug-likeness (QED) is 0.292. The summed E-state index contributed by atoms with van der Waals surface area (Å²) in [5.74, 6) is -1.00. The molecule has 0 saturated carbocycles. The lowest BCUT2D eigenvalue weighted by Gasteiger charge is -1.99. The Morgan fingerprint density at radius 1 is 1.06 bits per heavy atom. The van der Waals surface area contributed by atoms with Crippen LogP contribution in [0.2, 0.25) is 0 Å². The van der Waals surface area contributed by atoms with Crippen molar-refractivity contribution in [3.8, 4) is 6.07 Å². The van der Waals surface area contributed by atoms with E-state index in [2.05, 4.69) is 33.9 Å². The monoisotopic (exact) mass is 253 g/mol. The van der Waals surface area contributed by atoms with Gasteiger partial charge in [0.05, 0.1) is 6.26 Å². The van der Waals surface area contributed by atoms with Gasteiger partial charge in [0.1, 0.15) is 19.3 Å². The summed E-state index contributed by atoms with van der Waals surface area (Å²) in [6, 6.07) is 1.64. The summed E-state index contributed by atoms with van der Waals surface area (Å²) in [5.41, 5.74) is 0. The smallest absolute Gasteiger partial charge is 0.331 e. The van der Waals surface area contributed by atoms with E-state index in [9.17, 15) is 9.59 Å². The molecule has 6 heteroatoms. The van der Waals surface area contributed by atoms with E-state index >= 15 is 0 Å². The number of hydrogen-bond acceptors (Lipinski definition) is 6. The molecule has 0 heterocycles. The topological polar surface area (TPSA) is 85.6 Å². The average Bonchev–Trinajstić information content (AvgIpc) is 2.41. The number of rotatable bonds is 7. The Balaban J connectivity index is 0. The molecule has 0 aliphatic rings. The second-order valence-corrected chi connectivity index (χ2v) is 2.38. The van der Waals surface area contributed by atoms with Crippen molar-refractivity contribution in [2.75, 3.05) is 19.8 Å². The van der Waals surface area contributed by atoms with Crippen molar-refractivity contribution in [1.82, 2.24) is 0 Å². The number of carbonyl (C=O) groups is 2. The first-order valence-corrected chi connectivity index (χ1v) is 4.80. The summed E-state index contributed by atoms with van der Waals surface area (Å²) >= 11 is 0. The van der Waals surface area contributed by atoms with E-state index in [1.165, 1.54) is 6.26 Å². The normalized spacial score (nSPS) is 7.50. The molecule has 0 rings (SSSR count). The molecule has 0 aliphatic carbocycles. The van der Waals surface area contributed by atoms with Crippen LogP contribution in [0.4, 0.5) is 0 Å². The van der Waals surface area contributed by atoms with E-state index < -0.39 is 11.9 Å². The lowest BCUT2D eigenvalue weighted by molar-refractivity contribution is -0.139. The molecule has 0 atom stereocenters. The lowest BCUT2D eigenvalue weighted by atomic mass is 10.6. The molecular weight excluding hydrogens is 238 g/mol. The maximum Gasteiger partial charge on any atom is 0.331 e. The molecule has 0 aromatic heterocycles. The third kappa shape index (κ3) is 15.9. The first-order chi connectivity index (χ1) is 8.62. The van der Waals surface area contributed by atoms with Gasteiger partial charge in [0.25, 0.3) is 0 Å². The summed E-state index contributed by atoms with van der Waals surface area (Å²) in [4.78, 5) is 20.4. The van der Waals surface area contributed by atoms with Crippen molar-refractivity contribution in [3.63, 3.8) is 0 Å². The standard InChI is InChI=1S/C7H10O3.C5H5NO2/c1-3-7(8)10-6-5-9-4-2;1-2-5(7)8-4-3-6/h3-4H,1-2,5-6H2;2H,1,4H2. The number of nitrogens with zero attached hydrogens (tertiary/aromatic N) is 1. The Bertz CT molecular complexity index is 330. The Labute approximate surface area is 106 Å². The van der Waals surface area contributed by atoms with E-state index in [1.54, 1.807) is 6.07 Å². The molecule has 0 aromatic carbocycles. The second kappa shape index (κ2) is 14.5. The Hall–Kier alpha value is -2.55. The highest BCUT2D eigenvalue weighted by Gasteiger charge is 1.92. The highest BCUT2D eigenvalue weighted by Crippen LogP contribution is 1.80. The van der Waals surface area contributed by atoms with Crippen molar-refractivity contribution >= 4 is 11.9 Å². The molecule has 98 valence electrons. The van der Waals surface area contributed by atoms with E-state index in [1.807, 2.05) is 0 Å². The molecular formula is C12H15NO5. The predicted octanol–water partition coefficient (Wildman–Crippen LogP) is 1.11. The van der Waals surface area contributed by atoms with Crippen LogP contribution in [0, 0.1) is 11.3 Å². The van der Waals surface area contributed by atoms with Crippen LogP contribution < -0.4 is 0 Å². The van der Waals surface area contributed by atoms with Crippen LogP contribution in [0.15, 0.2) is 38.2 Å². The van der Waals surface area contributed by atoms with Crippen LogP contribution in [0.1, 0.15) is 0 Å². The molecule has 0 bridgehead atoms. The zero-order chi connectivity index (χ0) is 14.2. The molecule has 0 fully saturated rings. The fourth-order valence-electron chi connectivity index (χ4n) is 0.495. The van der Waals surface area contributed by atoms with Crippen LogP contribution >= 0.6 is 0 Å². The van der Waals surface area contributed by atoms with Crippen molar-refractivity contribution in [1.29, 1.82) is 5.26 Å². The molecule has 0 radical (unpaired) electrons. The van der Waals surface area contributed by atoms with E-state index in [0.29, 0.717) is 6.61 Å². The van der Waals surface area contributed by atoms with Crippen molar-refractivity contribution in [2.45, 2.75) is 0 Å². The van der Waals surface area contributed by atoms with Gasteiger partial charge in [0, 0.05) is 12.2 Å². The van der Waals surface area contributed by atoms with Gasteiger partial charge in [-0.1, -0.05) is 19.7 Å². The molecule has 0 amide bonds. The molecule has 18 heavy (non-hydrogen) atoms. The number of carbonyl (C=O) groups excluding carboxylic acids is 2. The van der Waals surface area contributed by atoms with Crippen LogP contribution in [-0.2, 0) is 23.8 Å². The van der Waals surface area contributed by atoms with E-state index in [4.69, 9.17) is 5.26 Å². The summed E-state index contributed by atoms with van der Waals surface area (Å²) in [6.45, 7) is 10.0. The first kappa shape index (κ1) is 17.8. The van der Waals surface area contributed by atoms with Crippen LogP contribution in [0.5, 0.6) is 0 Å². The fraction of sp³-hybridized carbons (Fsp3) is 0.250. The molecule has 0 saturated heterocycles. The van der Waals surface area contributed by atoms with Crippen LogP contribution in [0.3, 0.4) is 0 Å². The maximum atomic E-state index is 10.4. The minimum absolute atomic E-state index is 0.204. The number of hydrogen-bond donors (Lipinski definition) is 0. The number of ether oxygens (including phenoxy) is 3. The van der Waals surface area contributed by atoms with Gasteiger partial charge in [-0.3, -0.25) is 0 Å². The van der Waals surface area contributed by atoms with E-state index in [-0.39, 0.29) is 13.2 Å². The molecule has 6 nitrogen and oxygen atoms in total. The number of esters is 2. The maximum absolute atomic E-state index is 10.4. The first-order valence-electron chi connectivity index (χ1n) is 4.80. The number of nitriles is 1. The third-order valence-corrected chi connectivity index (χ3v) is 1.18. The molecule has 0 unspecified atom stereocenters. The van der Waals surface area contributed by atoms with Gasteiger partial charge in [-0.15, -0.1) is 0 Å². The second-order valence-electron chi connectivity index (χ2n) is 2.38. The summed E-state index contributed by atoms with van der Waals surface area (Å²) < 4.78 is 13.5. The molecule has 0 spiro atoms. The SMILES string of the molecule is C=CC(=O)OCC#N.C=COCCOC(=O)C=C. The fourth-order valence-corrected chi connectivity index (χ4v) is 0.495. The lowest BCUT2D eigenvalue weighted by Crippen LogP contribution is -2.05. The molecule has 0 aliphatic heterocycles. The van der Waals surface area contributed by atoms with Gasteiger partial charge in [-0.2, -0.15) is 5.26 Å². The minimum atomic E-state index is -0.563. The van der Waals surface area contributed by atoms with E-state index in [0.717, 1.165) is 12.2 Å². The van der Waals surface area contributed by atoms with Gasteiger partial charge in [0.2, 0.25) is 0 Å². The van der Waals surface area contributed by atoms with Gasteiger partial charge < -0.3 is 14.2 Å². The predicted molar refractivity (Wildman–Crippen MR) is 64.1 cm³/mol. The van der Waals surface area contributed by atoms with Gasteiger partial charge in [0.15, 0.2) is 6.61 Å². The van der Waals surface area contributed by atoms with Crippen molar-refractivity contribution < 1.29 is 23.8 Å². The molecule has 0 N–H and O–H groups in total. The van der Waals surface area contributed by atoms with Crippen LogP contribution in [-0.4, -0.2) is 31.8 Å². The minimum Gasteiger partial charge on any atom is -0.498 e. The Morgan fingerprint density at radius 2 is 1.61 bits per heavy atom. The zero-order valence-corrected chi connectivity index (χ0v) is 9.96. The zero-order valence-electron chi connectivity index (χ0n) is 9.96. The summed E-state index contributed by atoms with van der Waals surface area (Å²) in [5, 5.41) is 7.85. The van der Waals surface area contributed by atoms with Crippen molar-refractivity contribution in [3.05, 3.63) is 38.2 Å². The van der Waals surface area contributed by atoms with Crippen LogP contribution in [0.25, 0.3) is 0 Å². The highest BCUT2D eigenvalue weighted by atomic mass is 16.6. The molecule has 0 aromatic rings. The summed E-state index contributed by atoms with van der Waals surface area (Å²) in [7, 11) is 0. The van der Waals surface area contributed by atoms with Crippen molar-refractivity contribution in [2.24, 2.45) is 0 Å².